The zero-order chi connectivity index (χ0) is 18.5. The molecule has 0 aromatic rings. The van der Waals surface area contributed by atoms with E-state index in [4.69, 9.17) is 0 Å². The van der Waals surface area contributed by atoms with E-state index >= 15 is 0 Å². The first kappa shape index (κ1) is 21.5. The number of aliphatic imine (C=N–C) groups is 1. The predicted octanol–water partition coefficient (Wildman–Crippen LogP) is 4.14. The molecule has 0 saturated heterocycles. The molecule has 0 aromatic carbocycles. The molecule has 1 rings (SSSR count). The number of hydrogen-bond acceptors (Lipinski definition) is 3. The normalized spacial score (nSPS) is 15.5. The Labute approximate surface area is 155 Å². The van der Waals surface area contributed by atoms with Gasteiger partial charge in [0.05, 0.1) is 0 Å². The SMILES string of the molecule is C=CCNC(=O)NC(=NC(=O)N(CCC)CCC)SC1CCCCC1. The van der Waals surface area contributed by atoms with Crippen molar-refractivity contribution >= 4 is 29.0 Å². The minimum Gasteiger partial charge on any atom is -0.334 e. The van der Waals surface area contributed by atoms with Crippen molar-refractivity contribution in [3.63, 3.8) is 0 Å². The number of thioether (sulfide) groups is 1. The summed E-state index contributed by atoms with van der Waals surface area (Å²) < 4.78 is 0. The average Bonchev–Trinajstić information content (AvgIpc) is 2.60. The third-order valence-electron chi connectivity index (χ3n) is 3.91. The summed E-state index contributed by atoms with van der Waals surface area (Å²) in [4.78, 5) is 30.4. The van der Waals surface area contributed by atoms with Crippen LogP contribution >= 0.6 is 11.8 Å². The van der Waals surface area contributed by atoms with Gasteiger partial charge in [-0.2, -0.15) is 4.99 Å². The van der Waals surface area contributed by atoms with Crippen molar-refractivity contribution in [1.82, 2.24) is 15.5 Å². The van der Waals surface area contributed by atoms with Crippen LogP contribution in [0.5, 0.6) is 0 Å². The Balaban J connectivity index is 2.79. The van der Waals surface area contributed by atoms with Crippen molar-refractivity contribution in [3.8, 4) is 0 Å². The maximum atomic E-state index is 12.5. The molecule has 0 aromatic heterocycles. The lowest BCUT2D eigenvalue weighted by molar-refractivity contribution is 0.208. The first-order chi connectivity index (χ1) is 12.1. The van der Waals surface area contributed by atoms with Gasteiger partial charge in [-0.1, -0.05) is 50.9 Å². The number of urea groups is 2. The molecule has 1 aliphatic carbocycles. The van der Waals surface area contributed by atoms with E-state index in [0.717, 1.165) is 25.7 Å². The number of carbonyl (C=O) groups excluding carboxylic acids is 2. The summed E-state index contributed by atoms with van der Waals surface area (Å²) in [5.41, 5.74) is 0. The number of carbonyl (C=O) groups is 2. The van der Waals surface area contributed by atoms with Gasteiger partial charge in [-0.05, 0) is 25.7 Å². The fourth-order valence-electron chi connectivity index (χ4n) is 2.73. The Morgan fingerprint density at radius 2 is 1.84 bits per heavy atom. The fraction of sp³-hybridized carbons (Fsp3) is 0.722. The molecule has 0 radical (unpaired) electrons. The molecular formula is C18H32N4O2S. The lowest BCUT2D eigenvalue weighted by atomic mass is 10.0. The highest BCUT2D eigenvalue weighted by atomic mass is 32.2. The molecule has 1 saturated carbocycles. The van der Waals surface area contributed by atoms with E-state index in [2.05, 4.69) is 22.2 Å². The molecule has 0 heterocycles. The van der Waals surface area contributed by atoms with Gasteiger partial charge in [-0.3, -0.25) is 5.32 Å². The van der Waals surface area contributed by atoms with Crippen LogP contribution in [0, 0.1) is 0 Å². The van der Waals surface area contributed by atoms with Crippen LogP contribution in [0.4, 0.5) is 9.59 Å². The van der Waals surface area contributed by atoms with E-state index in [1.54, 1.807) is 11.0 Å². The van der Waals surface area contributed by atoms with E-state index < -0.39 is 0 Å². The maximum absolute atomic E-state index is 12.5. The van der Waals surface area contributed by atoms with Gasteiger partial charge in [-0.25, -0.2) is 9.59 Å². The number of amides is 4. The van der Waals surface area contributed by atoms with Gasteiger partial charge < -0.3 is 10.2 Å². The first-order valence-electron chi connectivity index (χ1n) is 9.30. The van der Waals surface area contributed by atoms with Gasteiger partial charge in [0.15, 0.2) is 5.17 Å². The van der Waals surface area contributed by atoms with Gasteiger partial charge in [0.25, 0.3) is 0 Å². The topological polar surface area (TPSA) is 73.8 Å². The van der Waals surface area contributed by atoms with Crippen molar-refractivity contribution in [3.05, 3.63) is 12.7 Å². The summed E-state index contributed by atoms with van der Waals surface area (Å²) in [6, 6.07) is -0.627. The van der Waals surface area contributed by atoms with Crippen molar-refractivity contribution < 1.29 is 9.59 Å². The molecule has 0 aliphatic heterocycles. The molecule has 25 heavy (non-hydrogen) atoms. The van der Waals surface area contributed by atoms with E-state index in [0.29, 0.717) is 30.1 Å². The monoisotopic (exact) mass is 368 g/mol. The molecular weight excluding hydrogens is 336 g/mol. The molecule has 4 amide bonds. The van der Waals surface area contributed by atoms with Crippen LogP contribution in [0.3, 0.4) is 0 Å². The molecule has 0 unspecified atom stereocenters. The van der Waals surface area contributed by atoms with E-state index in [1.165, 1.54) is 31.0 Å². The number of hydrogen-bond donors (Lipinski definition) is 2. The zero-order valence-electron chi connectivity index (χ0n) is 15.6. The molecule has 2 N–H and O–H groups in total. The number of amidine groups is 1. The van der Waals surface area contributed by atoms with Crippen LogP contribution in [0.25, 0.3) is 0 Å². The smallest absolute Gasteiger partial charge is 0.334 e. The van der Waals surface area contributed by atoms with Crippen molar-refractivity contribution in [2.45, 2.75) is 64.0 Å². The number of nitrogens with one attached hydrogen (secondary N) is 2. The molecule has 1 fully saturated rings. The summed E-state index contributed by atoms with van der Waals surface area (Å²) in [7, 11) is 0. The molecule has 0 spiro atoms. The lowest BCUT2D eigenvalue weighted by Gasteiger charge is -2.23. The van der Waals surface area contributed by atoms with Crippen LogP contribution in [-0.4, -0.2) is 47.0 Å². The standard InChI is InChI=1S/C18H32N4O2S/c1-4-12-19-16(23)20-17(25-15-10-8-7-9-11-15)21-18(24)22(13-5-2)14-6-3/h4,15H,1,5-14H2,2-3H3,(H2,19,20,21,23,24). The van der Waals surface area contributed by atoms with Gasteiger partial charge in [0.1, 0.15) is 0 Å². The lowest BCUT2D eigenvalue weighted by Crippen LogP contribution is -2.40. The molecule has 142 valence electrons. The second kappa shape index (κ2) is 12.8. The maximum Gasteiger partial charge on any atom is 0.345 e. The minimum atomic E-state index is -0.354. The molecule has 1 aliphatic rings. The Morgan fingerprint density at radius 1 is 1.20 bits per heavy atom. The molecule has 6 nitrogen and oxygen atoms in total. The summed E-state index contributed by atoms with van der Waals surface area (Å²) in [5.74, 6) is 0. The van der Waals surface area contributed by atoms with Crippen LogP contribution < -0.4 is 10.6 Å². The second-order valence-electron chi connectivity index (χ2n) is 6.19. The fourth-order valence-corrected chi connectivity index (χ4v) is 3.90. The summed E-state index contributed by atoms with van der Waals surface area (Å²) >= 11 is 1.51. The Bertz CT molecular complexity index is 456. The van der Waals surface area contributed by atoms with Gasteiger partial charge in [0, 0.05) is 24.9 Å². The Morgan fingerprint density at radius 3 is 2.40 bits per heavy atom. The molecule has 0 atom stereocenters. The van der Waals surface area contributed by atoms with Gasteiger partial charge in [0.2, 0.25) is 0 Å². The van der Waals surface area contributed by atoms with E-state index in [-0.39, 0.29) is 12.1 Å². The van der Waals surface area contributed by atoms with Gasteiger partial charge in [-0.15, -0.1) is 6.58 Å². The van der Waals surface area contributed by atoms with Crippen LogP contribution in [0.15, 0.2) is 17.6 Å². The van der Waals surface area contributed by atoms with E-state index in [9.17, 15) is 9.59 Å². The first-order valence-corrected chi connectivity index (χ1v) is 10.2. The van der Waals surface area contributed by atoms with Crippen LogP contribution in [-0.2, 0) is 0 Å². The number of rotatable bonds is 7. The second-order valence-corrected chi connectivity index (χ2v) is 7.48. The van der Waals surface area contributed by atoms with Gasteiger partial charge >= 0.3 is 12.1 Å². The Hall–Kier alpha value is -1.50. The van der Waals surface area contributed by atoms with Crippen LogP contribution in [0.1, 0.15) is 58.8 Å². The number of nitrogens with zero attached hydrogens (tertiary/aromatic N) is 2. The summed E-state index contributed by atoms with van der Waals surface area (Å²) in [6.07, 6.45) is 9.23. The highest BCUT2D eigenvalue weighted by Crippen LogP contribution is 2.28. The zero-order valence-corrected chi connectivity index (χ0v) is 16.4. The Kier molecular flexibility index (Phi) is 11.0. The summed E-state index contributed by atoms with van der Waals surface area (Å²) in [5, 5.41) is 6.21. The van der Waals surface area contributed by atoms with Crippen molar-refractivity contribution in [1.29, 1.82) is 0 Å². The third kappa shape index (κ3) is 8.95. The highest BCUT2D eigenvalue weighted by molar-refractivity contribution is 8.14. The summed E-state index contributed by atoms with van der Waals surface area (Å²) in [6.45, 7) is 9.39. The average molecular weight is 369 g/mol. The van der Waals surface area contributed by atoms with Crippen LogP contribution in [0.2, 0.25) is 0 Å². The van der Waals surface area contributed by atoms with Crippen molar-refractivity contribution in [2.75, 3.05) is 19.6 Å². The predicted molar refractivity (Wildman–Crippen MR) is 106 cm³/mol. The largest absolute Gasteiger partial charge is 0.345 e. The van der Waals surface area contributed by atoms with E-state index in [1.807, 2.05) is 13.8 Å². The molecule has 7 heteroatoms. The third-order valence-corrected chi connectivity index (χ3v) is 5.13. The quantitative estimate of drug-likeness (QED) is 0.403. The molecule has 0 bridgehead atoms. The van der Waals surface area contributed by atoms with Crippen molar-refractivity contribution in [2.24, 2.45) is 4.99 Å². The minimum absolute atomic E-state index is 0.272. The highest BCUT2D eigenvalue weighted by Gasteiger charge is 2.20.